The maximum Gasteiger partial charge on any atom is 0.341 e. The van der Waals surface area contributed by atoms with Crippen molar-refractivity contribution in [2.24, 2.45) is 0 Å². The zero-order chi connectivity index (χ0) is 47.4. The maximum absolute atomic E-state index is 12.3. The Kier molecular flexibility index (Phi) is 15.7. The fraction of sp³-hybridized carbons (Fsp3) is 0.536. The van der Waals surface area contributed by atoms with Gasteiger partial charge in [0.15, 0.2) is 13.2 Å². The van der Waals surface area contributed by atoms with E-state index in [4.69, 9.17) is 18.9 Å². The van der Waals surface area contributed by atoms with E-state index in [9.17, 15) is 19.8 Å². The molecule has 5 rings (SSSR count). The van der Waals surface area contributed by atoms with Crippen LogP contribution in [0.2, 0.25) is 0 Å². The topological polar surface area (TPSA) is 112 Å². The number of hydrogen-bond acceptors (Lipinski definition) is 6. The second-order valence-electron chi connectivity index (χ2n) is 22.0. The number of aliphatic carboxylic acids is 2. The highest BCUT2D eigenvalue weighted by Crippen LogP contribution is 2.44. The third kappa shape index (κ3) is 12.6. The van der Waals surface area contributed by atoms with E-state index in [2.05, 4.69) is 145 Å². The summed E-state index contributed by atoms with van der Waals surface area (Å²) < 4.78 is 26.7. The number of unbranched alkanes of at least 4 members (excludes halogenated alkanes) is 2. The van der Waals surface area contributed by atoms with Gasteiger partial charge in [-0.05, 0) is 101 Å². The highest BCUT2D eigenvalue weighted by atomic mass is 16.5. The van der Waals surface area contributed by atoms with Gasteiger partial charge in [-0.2, -0.15) is 0 Å². The first kappa shape index (κ1) is 50.0. The van der Waals surface area contributed by atoms with E-state index in [1.54, 1.807) is 0 Å². The van der Waals surface area contributed by atoms with Crippen LogP contribution in [-0.2, 0) is 56.9 Å². The lowest BCUT2D eigenvalue weighted by molar-refractivity contribution is -0.140. The summed E-state index contributed by atoms with van der Waals surface area (Å²) in [4.78, 5) is 24.7. The number of ether oxygens (including phenoxy) is 4. The Morgan fingerprint density at radius 1 is 0.406 bits per heavy atom. The molecule has 2 N–H and O–H groups in total. The molecular formula is C56H76O8. The van der Waals surface area contributed by atoms with Gasteiger partial charge in [-0.3, -0.25) is 0 Å². The molecule has 64 heavy (non-hydrogen) atoms. The SMILES string of the molecule is CCCCOc1c2cc(C(C)(C)C)cc1Cc1cc(C(C)(C)C)cc(c1OCC(=O)O)Cc1cc(C(C)(C)C)cc(c1OCCCC)Cc1cc(C(C)(C)C)cc(c1OCC(=O)O)C2. The summed E-state index contributed by atoms with van der Waals surface area (Å²) in [5, 5.41) is 20.2. The fourth-order valence-corrected chi connectivity index (χ4v) is 8.27. The molecule has 1 aliphatic carbocycles. The third-order valence-corrected chi connectivity index (χ3v) is 12.1. The average Bonchev–Trinajstić information content (AvgIpc) is 3.16. The van der Waals surface area contributed by atoms with Crippen LogP contribution < -0.4 is 18.9 Å². The van der Waals surface area contributed by atoms with E-state index in [-0.39, 0.29) is 21.7 Å². The quantitative estimate of drug-likeness (QED) is 0.106. The molecule has 4 aromatic rings. The van der Waals surface area contributed by atoms with Gasteiger partial charge in [-0.25, -0.2) is 9.59 Å². The van der Waals surface area contributed by atoms with Gasteiger partial charge in [0.1, 0.15) is 23.0 Å². The standard InChI is InChI=1S/C56H76O8/c1-15-17-19-61-49-35-21-39-29-45(55(9,10)11)31-41(51(39)63-33-47(57)58)23-37-27-44(54(6,7)8)28-38(50(37)62-20-18-16-2)24-42-32-46(56(12,13)14)30-40(52(42)64-34-48(59)60)22-36(49)26-43(25-35)53(3,4)5/h25-32H,15-24,33-34H2,1-14H3,(H,57,58)(H,59,60). The van der Waals surface area contributed by atoms with E-state index in [1.165, 1.54) is 0 Å². The summed E-state index contributed by atoms with van der Waals surface area (Å²) in [6, 6.07) is 17.7. The first-order chi connectivity index (χ1) is 29.8. The summed E-state index contributed by atoms with van der Waals surface area (Å²) in [6.45, 7) is 30.8. The molecule has 0 saturated heterocycles. The lowest BCUT2D eigenvalue weighted by atomic mass is 9.79. The molecule has 0 fully saturated rings. The van der Waals surface area contributed by atoms with Crippen LogP contribution in [0.4, 0.5) is 0 Å². The second-order valence-corrected chi connectivity index (χ2v) is 22.0. The Morgan fingerprint density at radius 2 is 0.609 bits per heavy atom. The average molecular weight is 877 g/mol. The molecule has 0 atom stereocenters. The molecule has 0 aliphatic heterocycles. The molecule has 1 aliphatic rings. The van der Waals surface area contributed by atoms with E-state index in [0.29, 0.717) is 50.4 Å². The van der Waals surface area contributed by atoms with Crippen LogP contribution in [0.25, 0.3) is 0 Å². The molecule has 0 heterocycles. The summed E-state index contributed by atoms with van der Waals surface area (Å²) >= 11 is 0. The lowest BCUT2D eigenvalue weighted by Crippen LogP contribution is -2.19. The first-order valence-electron chi connectivity index (χ1n) is 23.4. The number of carboxylic acids is 2. The summed E-state index contributed by atoms with van der Waals surface area (Å²) in [6.07, 6.45) is 5.34. The van der Waals surface area contributed by atoms with Gasteiger partial charge in [0.25, 0.3) is 0 Å². The van der Waals surface area contributed by atoms with Gasteiger partial charge in [0, 0.05) is 25.7 Å². The molecule has 0 saturated carbocycles. The van der Waals surface area contributed by atoms with Crippen LogP contribution in [0.3, 0.4) is 0 Å². The minimum atomic E-state index is -1.04. The van der Waals surface area contributed by atoms with Crippen LogP contribution >= 0.6 is 0 Å². The number of fused-ring (bicyclic) bond motifs is 8. The Morgan fingerprint density at radius 3 is 0.781 bits per heavy atom. The van der Waals surface area contributed by atoms with Crippen molar-refractivity contribution in [2.75, 3.05) is 26.4 Å². The lowest BCUT2D eigenvalue weighted by Gasteiger charge is -2.29. The van der Waals surface area contributed by atoms with E-state index >= 15 is 0 Å². The molecule has 0 spiro atoms. The number of carboxylic acid groups (broad SMARTS) is 2. The Bertz CT molecular complexity index is 2050. The Balaban J connectivity index is 2.03. The normalized spacial score (nSPS) is 13.3. The molecule has 0 unspecified atom stereocenters. The van der Waals surface area contributed by atoms with Crippen molar-refractivity contribution in [3.63, 3.8) is 0 Å². The van der Waals surface area contributed by atoms with E-state index in [0.717, 1.165) is 104 Å². The van der Waals surface area contributed by atoms with Crippen LogP contribution in [0, 0.1) is 0 Å². The highest BCUT2D eigenvalue weighted by Gasteiger charge is 2.30. The van der Waals surface area contributed by atoms with Crippen LogP contribution in [0.1, 0.15) is 189 Å². The van der Waals surface area contributed by atoms with Gasteiger partial charge in [-0.15, -0.1) is 0 Å². The van der Waals surface area contributed by atoms with Crippen molar-refractivity contribution in [1.29, 1.82) is 0 Å². The summed E-state index contributed by atoms with van der Waals surface area (Å²) in [5.41, 5.74) is 11.0. The van der Waals surface area contributed by atoms with Crippen molar-refractivity contribution in [3.05, 3.63) is 115 Å². The van der Waals surface area contributed by atoms with Crippen LogP contribution in [0.5, 0.6) is 23.0 Å². The van der Waals surface area contributed by atoms with Crippen LogP contribution in [0.15, 0.2) is 48.5 Å². The zero-order valence-corrected chi connectivity index (χ0v) is 41.4. The van der Waals surface area contributed by atoms with Gasteiger partial charge < -0.3 is 29.2 Å². The van der Waals surface area contributed by atoms with Crippen molar-refractivity contribution in [3.8, 4) is 23.0 Å². The predicted molar refractivity (Wildman–Crippen MR) is 259 cm³/mol. The summed E-state index contributed by atoms with van der Waals surface area (Å²) in [5.74, 6) is 0.597. The fourth-order valence-electron chi connectivity index (χ4n) is 8.27. The van der Waals surface area contributed by atoms with Crippen molar-refractivity contribution in [2.45, 2.75) is 170 Å². The van der Waals surface area contributed by atoms with Gasteiger partial charge >= 0.3 is 11.9 Å². The highest BCUT2D eigenvalue weighted by molar-refractivity contribution is 5.70. The molecule has 0 aromatic heterocycles. The smallest absolute Gasteiger partial charge is 0.341 e. The van der Waals surface area contributed by atoms with Crippen molar-refractivity contribution >= 4 is 11.9 Å². The summed E-state index contributed by atoms with van der Waals surface area (Å²) in [7, 11) is 0. The molecule has 4 aromatic carbocycles. The molecule has 0 amide bonds. The minimum absolute atomic E-state index is 0.240. The number of rotatable bonds is 14. The van der Waals surface area contributed by atoms with Gasteiger partial charge in [0.05, 0.1) is 13.2 Å². The maximum atomic E-state index is 12.3. The number of carbonyl (C=O) groups is 2. The number of benzene rings is 4. The number of hydrogen-bond donors (Lipinski definition) is 2. The monoisotopic (exact) mass is 877 g/mol. The largest absolute Gasteiger partial charge is 0.493 e. The zero-order valence-electron chi connectivity index (χ0n) is 41.4. The Labute approximate surface area is 384 Å². The second kappa shape index (κ2) is 20.0. The van der Waals surface area contributed by atoms with E-state index in [1.807, 2.05) is 0 Å². The molecule has 348 valence electrons. The van der Waals surface area contributed by atoms with Crippen molar-refractivity contribution in [1.82, 2.24) is 0 Å². The molecule has 8 heteroatoms. The van der Waals surface area contributed by atoms with Crippen LogP contribution in [-0.4, -0.2) is 48.6 Å². The van der Waals surface area contributed by atoms with Gasteiger partial charge in [0.2, 0.25) is 0 Å². The predicted octanol–water partition coefficient (Wildman–Crippen LogP) is 12.8. The van der Waals surface area contributed by atoms with Gasteiger partial charge in [-0.1, -0.05) is 158 Å². The third-order valence-electron chi connectivity index (χ3n) is 12.1. The molecule has 0 radical (unpaired) electrons. The van der Waals surface area contributed by atoms with E-state index < -0.39 is 25.2 Å². The molecule has 8 nitrogen and oxygen atoms in total. The Hall–Kier alpha value is -4.98. The molecule has 8 bridgehead atoms. The minimum Gasteiger partial charge on any atom is -0.493 e. The molecular weight excluding hydrogens is 801 g/mol. The van der Waals surface area contributed by atoms with Crippen molar-refractivity contribution < 1.29 is 38.7 Å². The first-order valence-corrected chi connectivity index (χ1v) is 23.4.